The Bertz CT molecular complexity index is 607. The van der Waals surface area contributed by atoms with Crippen LogP contribution in [0.1, 0.15) is 11.1 Å². The minimum absolute atomic E-state index is 0.513. The number of H-pyrrole nitrogens is 1. The van der Waals surface area contributed by atoms with Gasteiger partial charge < -0.3 is 5.10 Å². The molecule has 0 saturated carbocycles. The van der Waals surface area contributed by atoms with Crippen LogP contribution in [0.5, 0.6) is 0 Å². The Morgan fingerprint density at radius 3 is 2.68 bits per heavy atom. The molecule has 0 bridgehead atoms. The lowest BCUT2D eigenvalue weighted by Crippen LogP contribution is -2.08. The van der Waals surface area contributed by atoms with Crippen molar-refractivity contribution >= 4 is 11.3 Å². The summed E-state index contributed by atoms with van der Waals surface area (Å²) >= 11 is 1.38. The normalized spacial score (nSPS) is 11.4. The lowest BCUT2D eigenvalue weighted by Gasteiger charge is -2.09. The molecule has 0 aliphatic rings. The molecule has 3 nitrogen and oxygen atoms in total. The molecule has 0 aromatic carbocycles. The number of hydrogen-bond donors (Lipinski definition) is 1. The van der Waals surface area contributed by atoms with Crippen molar-refractivity contribution in [3.8, 4) is 10.6 Å². The van der Waals surface area contributed by atoms with Gasteiger partial charge in [0.15, 0.2) is 0 Å². The first-order valence-electron chi connectivity index (χ1n) is 5.44. The van der Waals surface area contributed by atoms with Crippen LogP contribution >= 0.6 is 11.3 Å². The topological polar surface area (TPSA) is 33.6 Å². The van der Waals surface area contributed by atoms with Gasteiger partial charge in [0.1, 0.15) is 5.01 Å². The number of thiazole rings is 1. The van der Waals surface area contributed by atoms with Gasteiger partial charge in [0.2, 0.25) is 0 Å². The zero-order valence-corrected chi connectivity index (χ0v) is 11.1. The summed E-state index contributed by atoms with van der Waals surface area (Å²) in [5, 5.41) is 5.24. The molecule has 7 heteroatoms. The van der Waals surface area contributed by atoms with E-state index in [1.165, 1.54) is 23.1 Å². The van der Waals surface area contributed by atoms with Gasteiger partial charge >= 0.3 is 6.18 Å². The highest BCUT2D eigenvalue weighted by Gasteiger charge is 2.30. The highest BCUT2D eigenvalue weighted by Crippen LogP contribution is 2.30. The molecule has 19 heavy (non-hydrogen) atoms. The van der Waals surface area contributed by atoms with Gasteiger partial charge in [0.05, 0.1) is 5.56 Å². The van der Waals surface area contributed by atoms with E-state index in [1.54, 1.807) is 24.7 Å². The summed E-state index contributed by atoms with van der Waals surface area (Å²) in [5.41, 5.74) is 0.456. The molecule has 0 aliphatic heterocycles. The van der Waals surface area contributed by atoms with Crippen molar-refractivity contribution < 1.29 is 13.2 Å². The predicted molar refractivity (Wildman–Crippen MR) is 68.2 cm³/mol. The minimum atomic E-state index is -4.39. The Morgan fingerprint density at radius 1 is 1.37 bits per heavy atom. The summed E-state index contributed by atoms with van der Waals surface area (Å²) in [5.74, 6) is 0. The van der Waals surface area contributed by atoms with E-state index in [-0.39, 0.29) is 0 Å². The van der Waals surface area contributed by atoms with Gasteiger partial charge in [-0.2, -0.15) is 13.2 Å². The van der Waals surface area contributed by atoms with Crippen molar-refractivity contribution in [3.05, 3.63) is 41.2 Å². The second-order valence-corrected chi connectivity index (χ2v) is 4.94. The summed E-state index contributed by atoms with van der Waals surface area (Å²) in [6.07, 6.45) is -0.105. The van der Waals surface area contributed by atoms with E-state index in [2.05, 4.69) is 10.1 Å². The first kappa shape index (κ1) is 13.7. The Morgan fingerprint density at radius 2 is 2.11 bits per heavy atom. The third-order valence-electron chi connectivity index (χ3n) is 2.53. The van der Waals surface area contributed by atoms with E-state index >= 15 is 0 Å². The Balaban J connectivity index is 2.69. The fourth-order valence-corrected chi connectivity index (χ4v) is 2.34. The number of aryl methyl sites for hydroxylation is 2. The minimum Gasteiger partial charge on any atom is -0.306 e. The molecule has 0 unspecified atom stereocenters. The van der Waals surface area contributed by atoms with Crippen LogP contribution in [-0.4, -0.2) is 14.8 Å². The SMILES string of the molecule is Cc1cc(C(F)(F)F)cn(C)[nH]cc1-c1nccs1. The molecule has 0 amide bonds. The lowest BCUT2D eigenvalue weighted by molar-refractivity contribution is -0.138. The first-order chi connectivity index (χ1) is 8.88. The van der Waals surface area contributed by atoms with Crippen molar-refractivity contribution in [1.29, 1.82) is 0 Å². The first-order valence-corrected chi connectivity index (χ1v) is 6.32. The molecule has 2 aromatic heterocycles. The van der Waals surface area contributed by atoms with Gasteiger partial charge in [-0.15, -0.1) is 11.3 Å². The fraction of sp³-hybridized carbons (Fsp3) is 0.250. The van der Waals surface area contributed by atoms with Gasteiger partial charge in [0, 0.05) is 36.6 Å². The van der Waals surface area contributed by atoms with Gasteiger partial charge in [-0.25, -0.2) is 4.98 Å². The number of halogens is 3. The number of rotatable bonds is 1. The molecule has 0 radical (unpaired) electrons. The van der Waals surface area contributed by atoms with Crippen molar-refractivity contribution in [2.45, 2.75) is 13.1 Å². The monoisotopic (exact) mass is 287 g/mol. The molecule has 0 fully saturated rings. The Hall–Kier alpha value is -1.76. The van der Waals surface area contributed by atoms with Crippen LogP contribution in [0.2, 0.25) is 0 Å². The molecule has 2 rings (SSSR count). The summed E-state index contributed by atoms with van der Waals surface area (Å²) < 4.78 is 39.9. The molecule has 0 spiro atoms. The maximum Gasteiger partial charge on any atom is 0.417 e. The zero-order chi connectivity index (χ0) is 14.0. The van der Waals surface area contributed by atoms with Gasteiger partial charge in [-0.05, 0) is 18.6 Å². The average Bonchev–Trinajstić information content (AvgIpc) is 2.78. The summed E-state index contributed by atoms with van der Waals surface area (Å²) in [6.45, 7) is 1.64. The van der Waals surface area contributed by atoms with Crippen LogP contribution in [0.3, 0.4) is 0 Å². The summed E-state index contributed by atoms with van der Waals surface area (Å²) in [4.78, 5) is 4.13. The number of aromatic nitrogens is 3. The molecule has 2 aromatic rings. The molecule has 2 heterocycles. The van der Waals surface area contributed by atoms with E-state index in [0.717, 1.165) is 12.3 Å². The van der Waals surface area contributed by atoms with Gasteiger partial charge in [-0.1, -0.05) is 0 Å². The fourth-order valence-electron chi connectivity index (χ4n) is 1.62. The quantitative estimate of drug-likeness (QED) is 0.847. The van der Waals surface area contributed by atoms with Crippen LogP contribution in [0.4, 0.5) is 13.2 Å². The highest BCUT2D eigenvalue weighted by molar-refractivity contribution is 7.13. The average molecular weight is 287 g/mol. The Kier molecular flexibility index (Phi) is 3.66. The highest BCUT2D eigenvalue weighted by atomic mass is 32.1. The second kappa shape index (κ2) is 5.08. The third kappa shape index (κ3) is 3.17. The molecular weight excluding hydrogens is 275 g/mol. The second-order valence-electron chi connectivity index (χ2n) is 4.04. The molecule has 0 aliphatic carbocycles. The van der Waals surface area contributed by atoms with Crippen LogP contribution in [0.25, 0.3) is 10.6 Å². The smallest absolute Gasteiger partial charge is 0.306 e. The Labute approximate surface area is 112 Å². The number of hydrogen-bond acceptors (Lipinski definition) is 2. The van der Waals surface area contributed by atoms with E-state index in [4.69, 9.17) is 0 Å². The molecular formula is C12H12F3N3S. The van der Waals surface area contributed by atoms with Gasteiger partial charge in [-0.3, -0.25) is 4.68 Å². The predicted octanol–water partition coefficient (Wildman–Crippen LogP) is 3.93. The summed E-state index contributed by atoms with van der Waals surface area (Å²) in [6, 6.07) is 1.13. The largest absolute Gasteiger partial charge is 0.417 e. The summed E-state index contributed by atoms with van der Waals surface area (Å²) in [7, 11) is 1.51. The lowest BCUT2D eigenvalue weighted by atomic mass is 10.1. The molecule has 1 N–H and O–H groups in total. The van der Waals surface area contributed by atoms with Crippen molar-refractivity contribution in [2.24, 2.45) is 7.05 Å². The van der Waals surface area contributed by atoms with Crippen LogP contribution < -0.4 is 0 Å². The van der Waals surface area contributed by atoms with Crippen molar-refractivity contribution in [3.63, 3.8) is 0 Å². The van der Waals surface area contributed by atoms with Gasteiger partial charge in [0.25, 0.3) is 0 Å². The zero-order valence-electron chi connectivity index (χ0n) is 10.3. The van der Waals surface area contributed by atoms with E-state index in [0.29, 0.717) is 16.1 Å². The van der Waals surface area contributed by atoms with Crippen LogP contribution in [-0.2, 0) is 13.2 Å². The van der Waals surface area contributed by atoms with E-state index in [9.17, 15) is 13.2 Å². The van der Waals surface area contributed by atoms with E-state index in [1.807, 2.05) is 0 Å². The number of aromatic amines is 1. The van der Waals surface area contributed by atoms with Crippen LogP contribution in [0.15, 0.2) is 30.0 Å². The maximum atomic E-state index is 12.9. The molecule has 0 saturated heterocycles. The number of nitrogens with one attached hydrogen (secondary N) is 1. The van der Waals surface area contributed by atoms with Crippen LogP contribution in [0, 0.1) is 6.92 Å². The van der Waals surface area contributed by atoms with Crippen molar-refractivity contribution in [2.75, 3.05) is 0 Å². The third-order valence-corrected chi connectivity index (χ3v) is 3.34. The molecule has 0 atom stereocenters. The molecule has 102 valence electrons. The van der Waals surface area contributed by atoms with Crippen molar-refractivity contribution in [1.82, 2.24) is 14.8 Å². The maximum absolute atomic E-state index is 12.9. The number of alkyl halides is 3. The standard InChI is InChI=1S/C12H12F3N3S/c1-8-5-9(12(13,14)15)7-18(2)17-6-10(8)11-16-3-4-19-11/h3-7,17H,1-2H3. The number of nitrogens with zero attached hydrogens (tertiary/aromatic N) is 2. The van der Waals surface area contributed by atoms with E-state index < -0.39 is 11.7 Å².